The minimum absolute atomic E-state index is 0.174. The third-order valence-corrected chi connectivity index (χ3v) is 10.7. The zero-order valence-electron chi connectivity index (χ0n) is 22.0. The summed E-state index contributed by atoms with van der Waals surface area (Å²) in [7, 11) is -0.174. The van der Waals surface area contributed by atoms with Gasteiger partial charge in [0, 0.05) is 9.52 Å². The fraction of sp³-hybridized carbons (Fsp3) is 0.742. The molecular weight excluding hydrogens is 400 g/mol. The highest BCUT2D eigenvalue weighted by molar-refractivity contribution is 6.45. The van der Waals surface area contributed by atoms with Crippen LogP contribution >= 0.6 is 0 Å². The quantitative estimate of drug-likeness (QED) is 0.134. The minimum Gasteiger partial charge on any atom is -0.0840 e. The van der Waals surface area contributed by atoms with Gasteiger partial charge < -0.3 is 0 Å². The van der Waals surface area contributed by atoms with Crippen LogP contribution < -0.4 is 0 Å². The van der Waals surface area contributed by atoms with Gasteiger partial charge in [-0.3, -0.25) is 0 Å². The van der Waals surface area contributed by atoms with Gasteiger partial charge in [-0.15, -0.1) is 0 Å². The molecule has 0 N–H and O–H groups in total. The number of hydrogen-bond acceptors (Lipinski definition) is 0. The van der Waals surface area contributed by atoms with Gasteiger partial charge in [0.05, 0.1) is 0 Å². The van der Waals surface area contributed by atoms with Gasteiger partial charge in [-0.1, -0.05) is 152 Å². The third-order valence-electron chi connectivity index (χ3n) is 7.91. The van der Waals surface area contributed by atoms with Crippen molar-refractivity contribution in [1.29, 1.82) is 0 Å². The molecule has 0 bridgehead atoms. The predicted octanol–water partition coefficient (Wildman–Crippen LogP) is 10.2. The van der Waals surface area contributed by atoms with E-state index in [0.29, 0.717) is 5.04 Å². The van der Waals surface area contributed by atoms with Crippen LogP contribution in [0.2, 0.25) is 10.6 Å². The molecule has 0 aromatic carbocycles. The summed E-state index contributed by atoms with van der Waals surface area (Å²) in [6.07, 6.45) is 40.2. The average Bonchev–Trinajstić information content (AvgIpc) is 3.12. The highest BCUT2D eigenvalue weighted by Gasteiger charge is 2.28. The van der Waals surface area contributed by atoms with Gasteiger partial charge in [-0.25, -0.2) is 0 Å². The van der Waals surface area contributed by atoms with Crippen LogP contribution in [-0.2, 0) is 0 Å². The van der Waals surface area contributed by atoms with Crippen molar-refractivity contribution in [3.63, 3.8) is 0 Å². The zero-order valence-corrected chi connectivity index (χ0v) is 23.4. The number of allylic oxidation sites excluding steroid dienone is 8. The summed E-state index contributed by atoms with van der Waals surface area (Å²) in [5, 5.41) is 0.481. The lowest BCUT2D eigenvalue weighted by atomic mass is 10.0. The highest BCUT2D eigenvalue weighted by Crippen LogP contribution is 2.42. The van der Waals surface area contributed by atoms with Crippen LogP contribution in [0, 0.1) is 0 Å². The fourth-order valence-electron chi connectivity index (χ4n) is 5.54. The summed E-state index contributed by atoms with van der Waals surface area (Å²) in [4.78, 5) is 0. The van der Waals surface area contributed by atoms with Crippen molar-refractivity contribution in [2.45, 2.75) is 147 Å². The molecule has 0 aromatic heterocycles. The monoisotopic (exact) mass is 454 g/mol. The normalized spacial score (nSPS) is 22.8. The topological polar surface area (TPSA) is 0 Å². The van der Waals surface area contributed by atoms with E-state index in [-0.39, 0.29) is 9.52 Å². The molecule has 0 radical (unpaired) electrons. The van der Waals surface area contributed by atoms with Gasteiger partial charge >= 0.3 is 0 Å². The molecule has 0 saturated carbocycles. The Morgan fingerprint density at radius 1 is 0.781 bits per heavy atom. The lowest BCUT2D eigenvalue weighted by Crippen LogP contribution is -2.19. The molecule has 0 aliphatic heterocycles. The summed E-state index contributed by atoms with van der Waals surface area (Å²) in [5.74, 6) is 0. The molecule has 0 heterocycles. The van der Waals surface area contributed by atoms with Gasteiger partial charge in [0.1, 0.15) is 0 Å². The zero-order chi connectivity index (χ0) is 22.9. The SMILES string of the molecule is CCCCCCCCCCCCCCCCCCC1=C(C)C([SiH2]C2(C)C=CC=CC2)C=C1. The van der Waals surface area contributed by atoms with Crippen molar-refractivity contribution in [3.8, 4) is 0 Å². The summed E-state index contributed by atoms with van der Waals surface area (Å²) in [5.41, 5.74) is 4.18. The second-order valence-corrected chi connectivity index (χ2v) is 14.0. The maximum atomic E-state index is 2.54. The van der Waals surface area contributed by atoms with Crippen LogP contribution in [0.3, 0.4) is 0 Å². The van der Waals surface area contributed by atoms with E-state index >= 15 is 0 Å². The molecule has 0 amide bonds. The molecule has 182 valence electrons. The van der Waals surface area contributed by atoms with E-state index in [4.69, 9.17) is 0 Å². The van der Waals surface area contributed by atoms with Crippen molar-refractivity contribution < 1.29 is 0 Å². The molecule has 2 aliphatic rings. The van der Waals surface area contributed by atoms with Crippen LogP contribution in [-0.4, -0.2) is 9.52 Å². The van der Waals surface area contributed by atoms with Gasteiger partial charge in [0.25, 0.3) is 0 Å². The summed E-state index contributed by atoms with van der Waals surface area (Å²) in [6.45, 7) is 7.21. The van der Waals surface area contributed by atoms with E-state index in [9.17, 15) is 0 Å². The molecule has 0 saturated heterocycles. The Morgan fingerprint density at radius 3 is 1.81 bits per heavy atom. The molecule has 2 unspecified atom stereocenters. The Balaban J connectivity index is 1.40. The second-order valence-electron chi connectivity index (χ2n) is 11.1. The van der Waals surface area contributed by atoms with Crippen LogP contribution in [0.4, 0.5) is 0 Å². The summed E-state index contributed by atoms with van der Waals surface area (Å²) < 4.78 is 0. The summed E-state index contributed by atoms with van der Waals surface area (Å²) >= 11 is 0. The molecule has 32 heavy (non-hydrogen) atoms. The van der Waals surface area contributed by atoms with Gasteiger partial charge in [-0.2, -0.15) is 0 Å². The van der Waals surface area contributed by atoms with Crippen molar-refractivity contribution >= 4 is 9.52 Å². The van der Waals surface area contributed by atoms with Crippen molar-refractivity contribution in [3.05, 3.63) is 47.6 Å². The second kappa shape index (κ2) is 16.7. The van der Waals surface area contributed by atoms with E-state index in [1.54, 1.807) is 11.1 Å². The first kappa shape index (κ1) is 27.4. The molecule has 1 heteroatoms. The number of unbranched alkanes of at least 4 members (excludes halogenated alkanes) is 15. The fourth-order valence-corrected chi connectivity index (χ4v) is 7.99. The summed E-state index contributed by atoms with van der Waals surface area (Å²) in [6, 6.07) is 0. The Kier molecular flexibility index (Phi) is 14.3. The van der Waals surface area contributed by atoms with Crippen LogP contribution in [0.25, 0.3) is 0 Å². The molecule has 2 rings (SSSR count). The Hall–Kier alpha value is -0.823. The largest absolute Gasteiger partial charge is 0.0840 e. The van der Waals surface area contributed by atoms with Crippen LogP contribution in [0.1, 0.15) is 136 Å². The molecular formula is C31H54Si. The van der Waals surface area contributed by atoms with E-state index in [1.807, 2.05) is 0 Å². The van der Waals surface area contributed by atoms with E-state index < -0.39 is 0 Å². The Morgan fingerprint density at radius 2 is 1.31 bits per heavy atom. The van der Waals surface area contributed by atoms with Crippen LogP contribution in [0.15, 0.2) is 47.6 Å². The molecule has 2 aliphatic carbocycles. The molecule has 0 spiro atoms. The first-order valence-corrected chi connectivity index (χ1v) is 15.9. The maximum Gasteiger partial charge on any atom is 0.0447 e. The van der Waals surface area contributed by atoms with Crippen molar-refractivity contribution in [2.75, 3.05) is 0 Å². The van der Waals surface area contributed by atoms with Gasteiger partial charge in [0.2, 0.25) is 0 Å². The molecule has 0 nitrogen and oxygen atoms in total. The highest BCUT2D eigenvalue weighted by atomic mass is 28.2. The Bertz CT molecular complexity index is 608. The lowest BCUT2D eigenvalue weighted by molar-refractivity contribution is 0.529. The van der Waals surface area contributed by atoms with Gasteiger partial charge in [-0.05, 0) is 42.3 Å². The first-order chi connectivity index (χ1) is 15.6. The Labute approximate surface area is 203 Å². The standard InChI is InChI=1S/C31H54Si/c1-4-5-6-7-8-9-10-11-12-13-14-15-16-17-18-20-23-29-24-25-30(28(29)2)32-31(3)26-21-19-22-27-31/h19,21-22,24-26,30H,4-18,20,23,27,32H2,1-3H3. The van der Waals surface area contributed by atoms with E-state index in [0.717, 1.165) is 5.54 Å². The molecule has 2 atom stereocenters. The number of hydrogen-bond donors (Lipinski definition) is 0. The van der Waals surface area contributed by atoms with E-state index in [2.05, 4.69) is 57.2 Å². The minimum atomic E-state index is -0.174. The average molecular weight is 455 g/mol. The number of rotatable bonds is 19. The van der Waals surface area contributed by atoms with Crippen molar-refractivity contribution in [2.24, 2.45) is 0 Å². The smallest absolute Gasteiger partial charge is 0.0447 e. The van der Waals surface area contributed by atoms with Crippen molar-refractivity contribution in [1.82, 2.24) is 0 Å². The molecule has 0 aromatic rings. The maximum absolute atomic E-state index is 2.54. The first-order valence-electron chi connectivity index (χ1n) is 14.4. The predicted molar refractivity (Wildman–Crippen MR) is 150 cm³/mol. The molecule has 0 fully saturated rings. The van der Waals surface area contributed by atoms with Gasteiger partial charge in [0.15, 0.2) is 0 Å². The van der Waals surface area contributed by atoms with E-state index in [1.165, 1.54) is 116 Å². The third kappa shape index (κ3) is 11.3. The lowest BCUT2D eigenvalue weighted by Gasteiger charge is -2.29. The van der Waals surface area contributed by atoms with Crippen LogP contribution in [0.5, 0.6) is 0 Å².